The summed E-state index contributed by atoms with van der Waals surface area (Å²) in [5.74, 6) is -3.35. The van der Waals surface area contributed by atoms with Crippen LogP contribution in [0.4, 0.5) is 0 Å². The first-order chi connectivity index (χ1) is 15.3. The largest absolute Gasteiger partial charge is 3.00 e. The molecule has 174 valence electrons. The number of hydrogen-bond acceptors (Lipinski definition) is 6. The van der Waals surface area contributed by atoms with Crippen LogP contribution in [0.5, 0.6) is 0 Å². The third kappa shape index (κ3) is 9.68. The topological polar surface area (TPSA) is 120 Å². The molecular formula is C27H27GaO6. The molecule has 3 aromatic carbocycles. The van der Waals surface area contributed by atoms with Crippen LogP contribution in [0.2, 0.25) is 0 Å². The minimum absolute atomic E-state index is 0. The van der Waals surface area contributed by atoms with E-state index >= 15 is 0 Å². The Morgan fingerprint density at radius 1 is 0.441 bits per heavy atom. The van der Waals surface area contributed by atoms with E-state index < -0.39 is 17.9 Å². The maximum absolute atomic E-state index is 10.4. The Morgan fingerprint density at radius 2 is 0.647 bits per heavy atom. The van der Waals surface area contributed by atoms with Gasteiger partial charge in [-0.2, -0.15) is 0 Å². The molecule has 0 unspecified atom stereocenters. The van der Waals surface area contributed by atoms with E-state index in [2.05, 4.69) is 0 Å². The van der Waals surface area contributed by atoms with Crippen LogP contribution in [0.25, 0.3) is 0 Å². The molecule has 0 fully saturated rings. The summed E-state index contributed by atoms with van der Waals surface area (Å²) in [6.45, 7) is 11.4. The van der Waals surface area contributed by atoms with Crippen molar-refractivity contribution >= 4 is 37.7 Å². The summed E-state index contributed by atoms with van der Waals surface area (Å²) in [4.78, 5) is 31.1. The Balaban J connectivity index is 0.000000473. The first kappa shape index (κ1) is 30.7. The molecule has 7 heteroatoms. The monoisotopic (exact) mass is 516 g/mol. The van der Waals surface area contributed by atoms with E-state index in [0.717, 1.165) is 33.4 Å². The minimum Gasteiger partial charge on any atom is -0.545 e. The average molecular weight is 517 g/mol. The summed E-state index contributed by atoms with van der Waals surface area (Å²) in [5, 5.41) is 31.1. The zero-order chi connectivity index (χ0) is 25.3. The zero-order valence-corrected chi connectivity index (χ0v) is 22.6. The number of carboxylic acid groups (broad SMARTS) is 3. The van der Waals surface area contributed by atoms with Gasteiger partial charge in [-0.05, 0) is 110 Å². The van der Waals surface area contributed by atoms with Crippen LogP contribution in [0, 0.1) is 41.5 Å². The second-order valence-corrected chi connectivity index (χ2v) is 7.76. The molecule has 0 aromatic heterocycles. The van der Waals surface area contributed by atoms with E-state index in [0.29, 0.717) is 0 Å². The average Bonchev–Trinajstić information content (AvgIpc) is 2.74. The standard InChI is InChI=1S/3C9H10O2.Ga/c3*1-6-3-4-8(9(10)11)5-7(6)2;/h3*3-5H,1-2H3,(H,10,11);/q;;;+3/p-3. The molecule has 0 saturated heterocycles. The van der Waals surface area contributed by atoms with Gasteiger partial charge in [0.2, 0.25) is 0 Å². The summed E-state index contributed by atoms with van der Waals surface area (Å²) in [7, 11) is 0. The van der Waals surface area contributed by atoms with Gasteiger partial charge < -0.3 is 29.7 Å². The Labute approximate surface area is 213 Å². The van der Waals surface area contributed by atoms with E-state index in [1.54, 1.807) is 54.6 Å². The Hall–Kier alpha value is -3.29. The number of aromatic carboxylic acids is 3. The molecule has 0 amide bonds. The first-order valence-corrected chi connectivity index (χ1v) is 10.2. The fourth-order valence-electron chi connectivity index (χ4n) is 2.61. The van der Waals surface area contributed by atoms with E-state index in [9.17, 15) is 29.7 Å². The normalized spacial score (nSPS) is 9.35. The van der Waals surface area contributed by atoms with E-state index in [1.807, 2.05) is 41.5 Å². The number of aryl methyl sites for hydroxylation is 6. The molecule has 0 bridgehead atoms. The summed E-state index contributed by atoms with van der Waals surface area (Å²) >= 11 is 0. The van der Waals surface area contributed by atoms with Crippen molar-refractivity contribution in [2.75, 3.05) is 0 Å². The Kier molecular flexibility index (Phi) is 12.7. The van der Waals surface area contributed by atoms with Crippen molar-refractivity contribution in [2.24, 2.45) is 0 Å². The SMILES string of the molecule is Cc1ccc(C(=O)[O-])cc1C.Cc1ccc(C(=O)[O-])cc1C.Cc1ccc(C(=O)[O-])cc1C.[Ga+3]. The molecular weight excluding hydrogens is 490 g/mol. The smallest absolute Gasteiger partial charge is 0.545 e. The summed E-state index contributed by atoms with van der Waals surface area (Å²) in [6.07, 6.45) is 0. The van der Waals surface area contributed by atoms with Crippen LogP contribution in [-0.4, -0.2) is 37.7 Å². The van der Waals surface area contributed by atoms with E-state index in [4.69, 9.17) is 0 Å². The van der Waals surface area contributed by atoms with Crippen LogP contribution < -0.4 is 15.3 Å². The van der Waals surface area contributed by atoms with Crippen LogP contribution in [0.15, 0.2) is 54.6 Å². The molecule has 3 aromatic rings. The van der Waals surface area contributed by atoms with Crippen LogP contribution in [0.3, 0.4) is 0 Å². The molecule has 0 aliphatic carbocycles. The van der Waals surface area contributed by atoms with Gasteiger partial charge in [0.05, 0.1) is 17.9 Å². The van der Waals surface area contributed by atoms with Gasteiger partial charge in [-0.3, -0.25) is 0 Å². The van der Waals surface area contributed by atoms with Crippen molar-refractivity contribution in [3.05, 3.63) is 105 Å². The third-order valence-corrected chi connectivity index (χ3v) is 5.23. The number of carbonyl (C=O) groups excluding carboxylic acids is 3. The third-order valence-electron chi connectivity index (χ3n) is 5.23. The number of carbonyl (C=O) groups is 3. The van der Waals surface area contributed by atoms with Gasteiger partial charge >= 0.3 is 19.8 Å². The zero-order valence-electron chi connectivity index (χ0n) is 20.2. The molecule has 0 saturated carbocycles. The van der Waals surface area contributed by atoms with Crippen molar-refractivity contribution in [3.8, 4) is 0 Å². The second-order valence-electron chi connectivity index (χ2n) is 7.76. The van der Waals surface area contributed by atoms with Gasteiger partial charge in [0, 0.05) is 0 Å². The van der Waals surface area contributed by atoms with E-state index in [1.165, 1.54) is 0 Å². The van der Waals surface area contributed by atoms with Gasteiger partial charge in [-0.25, -0.2) is 0 Å². The number of benzene rings is 3. The number of carboxylic acids is 3. The second kappa shape index (κ2) is 14.1. The van der Waals surface area contributed by atoms with Gasteiger partial charge in [0.1, 0.15) is 0 Å². The van der Waals surface area contributed by atoms with E-state index in [-0.39, 0.29) is 36.5 Å². The van der Waals surface area contributed by atoms with Crippen LogP contribution >= 0.6 is 0 Å². The Bertz CT molecular complexity index is 1020. The molecule has 0 aliphatic heterocycles. The summed E-state index contributed by atoms with van der Waals surface area (Å²) in [5.41, 5.74) is 6.94. The van der Waals surface area contributed by atoms with Gasteiger partial charge in [-0.15, -0.1) is 0 Å². The molecule has 0 aliphatic rings. The molecule has 0 spiro atoms. The molecule has 3 rings (SSSR count). The van der Waals surface area contributed by atoms with Crippen molar-refractivity contribution in [2.45, 2.75) is 41.5 Å². The molecule has 0 N–H and O–H groups in total. The fraction of sp³-hybridized carbons (Fsp3) is 0.222. The molecule has 34 heavy (non-hydrogen) atoms. The summed E-state index contributed by atoms with van der Waals surface area (Å²) in [6, 6.07) is 14.8. The molecule has 0 radical (unpaired) electrons. The van der Waals surface area contributed by atoms with Crippen molar-refractivity contribution in [3.63, 3.8) is 0 Å². The summed E-state index contributed by atoms with van der Waals surface area (Å²) < 4.78 is 0. The fourth-order valence-corrected chi connectivity index (χ4v) is 2.61. The Morgan fingerprint density at radius 3 is 0.794 bits per heavy atom. The van der Waals surface area contributed by atoms with Crippen LogP contribution in [-0.2, 0) is 0 Å². The first-order valence-electron chi connectivity index (χ1n) is 10.2. The molecule has 0 atom stereocenters. The quantitative estimate of drug-likeness (QED) is 0.487. The number of rotatable bonds is 3. The van der Waals surface area contributed by atoms with Crippen molar-refractivity contribution in [1.82, 2.24) is 0 Å². The molecule has 6 nitrogen and oxygen atoms in total. The maximum atomic E-state index is 10.4. The van der Waals surface area contributed by atoms with Crippen molar-refractivity contribution in [1.29, 1.82) is 0 Å². The van der Waals surface area contributed by atoms with Crippen LogP contribution in [0.1, 0.15) is 64.5 Å². The van der Waals surface area contributed by atoms with Crippen molar-refractivity contribution < 1.29 is 29.7 Å². The number of hydrogen-bond donors (Lipinski definition) is 0. The van der Waals surface area contributed by atoms with Gasteiger partial charge in [0.15, 0.2) is 0 Å². The predicted octanol–water partition coefficient (Wildman–Crippen LogP) is 1.62. The minimum atomic E-state index is -1.12. The van der Waals surface area contributed by atoms with Gasteiger partial charge in [-0.1, -0.05) is 36.4 Å². The predicted molar refractivity (Wildman–Crippen MR) is 126 cm³/mol. The maximum Gasteiger partial charge on any atom is 3.00 e. The molecule has 0 heterocycles. The van der Waals surface area contributed by atoms with Gasteiger partial charge in [0.25, 0.3) is 0 Å².